The predicted molar refractivity (Wildman–Crippen MR) is 92.6 cm³/mol. The zero-order valence-electron chi connectivity index (χ0n) is 14.9. The zero-order valence-corrected chi connectivity index (χ0v) is 15.7. The molecule has 0 unspecified atom stereocenters. The number of likely N-dealkylation sites (tertiary alicyclic amines) is 2. The highest BCUT2D eigenvalue weighted by molar-refractivity contribution is 7.88. The number of piperazine rings is 1. The first-order valence-electron chi connectivity index (χ1n) is 9.10. The van der Waals surface area contributed by atoms with Crippen molar-refractivity contribution < 1.29 is 13.2 Å². The Kier molecular flexibility index (Phi) is 4.42. The van der Waals surface area contributed by atoms with Gasteiger partial charge in [0.05, 0.1) is 25.0 Å². The van der Waals surface area contributed by atoms with Crippen molar-refractivity contribution in [1.29, 1.82) is 0 Å². The molecule has 4 heterocycles. The molecule has 1 spiro atoms. The van der Waals surface area contributed by atoms with Gasteiger partial charge in [-0.05, 0) is 33.0 Å². The van der Waals surface area contributed by atoms with E-state index in [1.807, 2.05) is 0 Å². The smallest absolute Gasteiger partial charge is 0.211 e. The van der Waals surface area contributed by atoms with Crippen LogP contribution in [0.4, 0.5) is 0 Å². The van der Waals surface area contributed by atoms with E-state index in [0.29, 0.717) is 25.7 Å². The van der Waals surface area contributed by atoms with Crippen molar-refractivity contribution in [1.82, 2.24) is 19.0 Å². The van der Waals surface area contributed by atoms with Crippen LogP contribution in [0.2, 0.25) is 0 Å². The fraction of sp³-hybridized carbons (Fsp3) is 1.00. The van der Waals surface area contributed by atoms with Crippen LogP contribution in [0.5, 0.6) is 0 Å². The molecule has 0 bridgehead atoms. The first-order chi connectivity index (χ1) is 11.4. The second-order valence-electron chi connectivity index (χ2n) is 8.14. The summed E-state index contributed by atoms with van der Waals surface area (Å²) in [5.74, 6) is 0. The Balaban J connectivity index is 1.48. The molecular formula is C16H30N4O3S. The van der Waals surface area contributed by atoms with E-state index in [2.05, 4.69) is 21.7 Å². The highest BCUT2D eigenvalue weighted by Gasteiger charge is 2.56. The topological polar surface area (TPSA) is 56.3 Å². The summed E-state index contributed by atoms with van der Waals surface area (Å²) in [5, 5.41) is 0. The zero-order chi connectivity index (χ0) is 16.9. The van der Waals surface area contributed by atoms with Crippen LogP contribution in [0.1, 0.15) is 12.8 Å². The minimum absolute atomic E-state index is 0.000867. The number of hydrogen-bond acceptors (Lipinski definition) is 6. The Morgan fingerprint density at radius 1 is 1.04 bits per heavy atom. The summed E-state index contributed by atoms with van der Waals surface area (Å²) in [4.78, 5) is 7.55. The predicted octanol–water partition coefficient (Wildman–Crippen LogP) is -0.889. The van der Waals surface area contributed by atoms with Crippen LogP contribution in [0, 0.1) is 0 Å². The summed E-state index contributed by atoms with van der Waals surface area (Å²) in [7, 11) is -0.956. The molecule has 0 aromatic rings. The standard InChI is InChI=1S/C16H30N4O3S/c1-17-5-3-14(4-6-17)18-11-16(12-18)13-19(24(2,21)22)9-15-10-23-8-7-20(15)16/h14-15H,3-13H2,1-2H3/t15-/m1/s1. The molecule has 0 N–H and O–H groups in total. The highest BCUT2D eigenvalue weighted by Crippen LogP contribution is 2.38. The summed E-state index contributed by atoms with van der Waals surface area (Å²) in [5.41, 5.74) is -0.000867. The average Bonchev–Trinajstić information content (AvgIpc) is 2.51. The van der Waals surface area contributed by atoms with E-state index in [1.54, 1.807) is 4.31 Å². The van der Waals surface area contributed by atoms with Gasteiger partial charge < -0.3 is 9.64 Å². The summed E-state index contributed by atoms with van der Waals surface area (Å²) < 4.78 is 31.6. The molecule has 4 aliphatic heterocycles. The monoisotopic (exact) mass is 358 g/mol. The second-order valence-corrected chi connectivity index (χ2v) is 10.1. The minimum Gasteiger partial charge on any atom is -0.378 e. The van der Waals surface area contributed by atoms with Crippen LogP contribution in [0.15, 0.2) is 0 Å². The van der Waals surface area contributed by atoms with Gasteiger partial charge in [0, 0.05) is 44.8 Å². The number of fused-ring (bicyclic) bond motifs is 2. The van der Waals surface area contributed by atoms with Crippen LogP contribution in [-0.2, 0) is 14.8 Å². The quantitative estimate of drug-likeness (QED) is 0.638. The number of sulfonamides is 1. The molecule has 8 heteroatoms. The average molecular weight is 359 g/mol. The minimum atomic E-state index is -3.15. The van der Waals surface area contributed by atoms with Gasteiger partial charge in [-0.15, -0.1) is 0 Å². The first-order valence-corrected chi connectivity index (χ1v) is 10.9. The van der Waals surface area contributed by atoms with Gasteiger partial charge in [-0.1, -0.05) is 0 Å². The third kappa shape index (κ3) is 3.01. The number of nitrogens with zero attached hydrogens (tertiary/aromatic N) is 4. The van der Waals surface area contributed by atoms with Crippen LogP contribution in [0.3, 0.4) is 0 Å². The molecule has 4 fully saturated rings. The molecule has 0 aromatic carbocycles. The fourth-order valence-corrected chi connectivity index (χ4v) is 5.93. The van der Waals surface area contributed by atoms with Gasteiger partial charge in [-0.3, -0.25) is 9.80 Å². The highest BCUT2D eigenvalue weighted by atomic mass is 32.2. The lowest BCUT2D eigenvalue weighted by molar-refractivity contribution is -0.164. The molecule has 0 saturated carbocycles. The maximum absolute atomic E-state index is 12.2. The van der Waals surface area contributed by atoms with Crippen molar-refractivity contribution in [2.45, 2.75) is 30.5 Å². The molecule has 0 amide bonds. The van der Waals surface area contributed by atoms with Crippen molar-refractivity contribution >= 4 is 10.0 Å². The summed E-state index contributed by atoms with van der Waals surface area (Å²) in [6, 6.07) is 0.877. The third-order valence-electron chi connectivity index (χ3n) is 6.39. The molecule has 24 heavy (non-hydrogen) atoms. The van der Waals surface area contributed by atoms with E-state index >= 15 is 0 Å². The number of morpholine rings is 1. The van der Waals surface area contributed by atoms with Gasteiger partial charge in [0.1, 0.15) is 0 Å². The molecule has 0 radical (unpaired) electrons. The number of rotatable bonds is 2. The van der Waals surface area contributed by atoms with Gasteiger partial charge in [0.15, 0.2) is 0 Å². The molecule has 4 aliphatic rings. The van der Waals surface area contributed by atoms with Crippen molar-refractivity contribution in [2.24, 2.45) is 0 Å². The summed E-state index contributed by atoms with van der Waals surface area (Å²) in [6.45, 7) is 7.93. The number of hydrogen-bond donors (Lipinski definition) is 0. The van der Waals surface area contributed by atoms with Crippen molar-refractivity contribution in [3.63, 3.8) is 0 Å². The summed E-state index contributed by atoms with van der Waals surface area (Å²) >= 11 is 0. The lowest BCUT2D eigenvalue weighted by Crippen LogP contribution is -2.81. The Bertz CT molecular complexity index is 570. The van der Waals surface area contributed by atoms with E-state index in [4.69, 9.17) is 4.74 Å². The molecule has 4 saturated heterocycles. The Labute approximate surface area is 145 Å². The van der Waals surface area contributed by atoms with Crippen LogP contribution < -0.4 is 0 Å². The van der Waals surface area contributed by atoms with Crippen LogP contribution in [0.25, 0.3) is 0 Å². The van der Waals surface area contributed by atoms with Crippen LogP contribution in [-0.4, -0.2) is 117 Å². The fourth-order valence-electron chi connectivity index (χ4n) is 5.01. The molecule has 4 rings (SSSR count). The Hall–Kier alpha value is -0.250. The van der Waals surface area contributed by atoms with Crippen molar-refractivity contribution in [3.05, 3.63) is 0 Å². The van der Waals surface area contributed by atoms with Gasteiger partial charge in [-0.2, -0.15) is 4.31 Å². The third-order valence-corrected chi connectivity index (χ3v) is 7.61. The molecule has 0 aliphatic carbocycles. The van der Waals surface area contributed by atoms with Gasteiger partial charge >= 0.3 is 0 Å². The normalized spacial score (nSPS) is 34.2. The molecule has 7 nitrogen and oxygen atoms in total. The van der Waals surface area contributed by atoms with Crippen molar-refractivity contribution in [2.75, 3.05) is 72.3 Å². The van der Waals surface area contributed by atoms with Gasteiger partial charge in [-0.25, -0.2) is 8.42 Å². The lowest BCUT2D eigenvalue weighted by atomic mass is 9.81. The van der Waals surface area contributed by atoms with E-state index in [0.717, 1.165) is 26.2 Å². The van der Waals surface area contributed by atoms with E-state index in [1.165, 1.54) is 32.2 Å². The Morgan fingerprint density at radius 2 is 1.75 bits per heavy atom. The lowest BCUT2D eigenvalue weighted by Gasteiger charge is -2.64. The number of ether oxygens (including phenoxy) is 1. The molecular weight excluding hydrogens is 328 g/mol. The van der Waals surface area contributed by atoms with Gasteiger partial charge in [0.25, 0.3) is 0 Å². The SMILES string of the molecule is CN1CCC(N2CC3(C2)CN(S(C)(=O)=O)C[C@@H]2COCCN23)CC1. The second kappa shape index (κ2) is 6.17. The maximum atomic E-state index is 12.2. The largest absolute Gasteiger partial charge is 0.378 e. The number of piperidine rings is 1. The first kappa shape index (κ1) is 17.2. The summed E-state index contributed by atoms with van der Waals surface area (Å²) in [6.07, 6.45) is 3.80. The molecule has 0 aromatic heterocycles. The Morgan fingerprint density at radius 3 is 2.42 bits per heavy atom. The van der Waals surface area contributed by atoms with Crippen LogP contribution >= 0.6 is 0 Å². The molecule has 1 atom stereocenters. The maximum Gasteiger partial charge on any atom is 0.211 e. The van der Waals surface area contributed by atoms with Gasteiger partial charge in [0.2, 0.25) is 10.0 Å². The van der Waals surface area contributed by atoms with E-state index < -0.39 is 10.0 Å². The van der Waals surface area contributed by atoms with E-state index in [-0.39, 0.29) is 11.6 Å². The van der Waals surface area contributed by atoms with E-state index in [9.17, 15) is 8.42 Å². The molecule has 138 valence electrons. The van der Waals surface area contributed by atoms with Crippen molar-refractivity contribution in [3.8, 4) is 0 Å².